The van der Waals surface area contributed by atoms with Crippen molar-refractivity contribution in [3.8, 4) is 0 Å². The molecule has 1 aromatic heterocycles. The van der Waals surface area contributed by atoms with Gasteiger partial charge in [0.05, 0.1) is 13.1 Å². The number of nitrogens with zero attached hydrogens (tertiary/aromatic N) is 1. The maximum absolute atomic E-state index is 5.95. The van der Waals surface area contributed by atoms with Crippen LogP contribution in [-0.2, 0) is 19.5 Å². The molecule has 0 fully saturated rings. The number of aryl methyl sites for hydroxylation is 2. The first-order valence-corrected chi connectivity index (χ1v) is 7.73. The van der Waals surface area contributed by atoms with E-state index in [-0.39, 0.29) is 0 Å². The van der Waals surface area contributed by atoms with Crippen LogP contribution in [-0.4, -0.2) is 13.6 Å². The molecular formula is C18H26N2O. The van der Waals surface area contributed by atoms with E-state index in [1.165, 1.54) is 16.8 Å². The smallest absolute Gasteiger partial charge is 0.123 e. The highest BCUT2D eigenvalue weighted by Crippen LogP contribution is 2.20. The number of furan rings is 1. The summed E-state index contributed by atoms with van der Waals surface area (Å²) in [6, 6.07) is 10.9. The van der Waals surface area contributed by atoms with Crippen LogP contribution in [0.25, 0.3) is 0 Å². The molecule has 21 heavy (non-hydrogen) atoms. The molecule has 1 N–H and O–H groups in total. The van der Waals surface area contributed by atoms with Crippen molar-refractivity contribution >= 4 is 5.69 Å². The fourth-order valence-electron chi connectivity index (χ4n) is 2.39. The molecule has 1 aromatic carbocycles. The molecule has 0 aliphatic rings. The number of benzene rings is 1. The Bertz CT molecular complexity index is 557. The van der Waals surface area contributed by atoms with E-state index in [1.807, 2.05) is 0 Å². The molecule has 3 heteroatoms. The molecule has 114 valence electrons. The van der Waals surface area contributed by atoms with Crippen molar-refractivity contribution in [2.24, 2.45) is 0 Å². The molecule has 0 saturated carbocycles. The number of nitrogens with one attached hydrogen (secondary N) is 1. The second kappa shape index (κ2) is 7.32. The van der Waals surface area contributed by atoms with Gasteiger partial charge in [-0.2, -0.15) is 0 Å². The van der Waals surface area contributed by atoms with Crippen molar-refractivity contribution in [1.29, 1.82) is 0 Å². The molecule has 0 spiro atoms. The van der Waals surface area contributed by atoms with Crippen molar-refractivity contribution < 1.29 is 4.42 Å². The highest BCUT2D eigenvalue weighted by Gasteiger charge is 2.10. The van der Waals surface area contributed by atoms with E-state index in [2.05, 4.69) is 68.4 Å². The van der Waals surface area contributed by atoms with Gasteiger partial charge < -0.3 is 14.6 Å². The molecule has 0 radical (unpaired) electrons. The Morgan fingerprint density at radius 1 is 1.14 bits per heavy atom. The third kappa shape index (κ3) is 4.11. The van der Waals surface area contributed by atoms with Gasteiger partial charge in [-0.15, -0.1) is 0 Å². The van der Waals surface area contributed by atoms with Crippen LogP contribution in [0.5, 0.6) is 0 Å². The molecule has 2 rings (SSSR count). The normalized spacial score (nSPS) is 10.9. The van der Waals surface area contributed by atoms with E-state index >= 15 is 0 Å². The molecule has 2 aromatic rings. The average molecular weight is 286 g/mol. The minimum atomic E-state index is 0.790. The van der Waals surface area contributed by atoms with E-state index in [0.717, 1.165) is 37.6 Å². The largest absolute Gasteiger partial charge is 0.463 e. The van der Waals surface area contributed by atoms with E-state index in [0.29, 0.717) is 0 Å². The van der Waals surface area contributed by atoms with Crippen LogP contribution in [0.3, 0.4) is 0 Å². The van der Waals surface area contributed by atoms with Gasteiger partial charge in [0.1, 0.15) is 11.5 Å². The number of hydrogen-bond donors (Lipinski definition) is 1. The van der Waals surface area contributed by atoms with Crippen LogP contribution < -0.4 is 10.2 Å². The van der Waals surface area contributed by atoms with Gasteiger partial charge >= 0.3 is 0 Å². The number of anilines is 1. The standard InChI is InChI=1S/C18H26N2O/c1-5-15-7-9-16(10-8-15)20(4)13-17-11-14(3)18(21-17)12-19-6-2/h7-11,19H,5-6,12-13H2,1-4H3. The fourth-order valence-corrected chi connectivity index (χ4v) is 2.39. The van der Waals surface area contributed by atoms with Crippen molar-refractivity contribution in [2.45, 2.75) is 40.3 Å². The van der Waals surface area contributed by atoms with Gasteiger partial charge in [0.25, 0.3) is 0 Å². The molecule has 0 aliphatic carbocycles. The summed E-state index contributed by atoms with van der Waals surface area (Å²) in [5, 5.41) is 3.31. The Morgan fingerprint density at radius 2 is 1.86 bits per heavy atom. The molecule has 0 saturated heterocycles. The zero-order valence-corrected chi connectivity index (χ0v) is 13.6. The molecular weight excluding hydrogens is 260 g/mol. The van der Waals surface area contributed by atoms with Crippen LogP contribution in [0.4, 0.5) is 5.69 Å². The Hall–Kier alpha value is -1.74. The molecule has 1 heterocycles. The molecule has 0 bridgehead atoms. The molecule has 3 nitrogen and oxygen atoms in total. The van der Waals surface area contributed by atoms with Crippen molar-refractivity contribution in [3.63, 3.8) is 0 Å². The average Bonchev–Trinajstić information content (AvgIpc) is 2.84. The minimum absolute atomic E-state index is 0.790. The lowest BCUT2D eigenvalue weighted by Gasteiger charge is -2.18. The second-order valence-corrected chi connectivity index (χ2v) is 5.48. The van der Waals surface area contributed by atoms with Crippen LogP contribution >= 0.6 is 0 Å². The predicted molar refractivity (Wildman–Crippen MR) is 88.8 cm³/mol. The summed E-state index contributed by atoms with van der Waals surface area (Å²) in [4.78, 5) is 2.22. The van der Waals surface area contributed by atoms with Crippen LogP contribution in [0.2, 0.25) is 0 Å². The second-order valence-electron chi connectivity index (χ2n) is 5.48. The zero-order chi connectivity index (χ0) is 15.2. The summed E-state index contributed by atoms with van der Waals surface area (Å²) in [6.45, 7) is 8.94. The van der Waals surface area contributed by atoms with Crippen LogP contribution in [0, 0.1) is 6.92 Å². The Morgan fingerprint density at radius 3 is 2.48 bits per heavy atom. The van der Waals surface area contributed by atoms with Crippen LogP contribution in [0.15, 0.2) is 34.7 Å². The first kappa shape index (κ1) is 15.6. The molecule has 0 atom stereocenters. The first-order valence-electron chi connectivity index (χ1n) is 7.73. The zero-order valence-electron chi connectivity index (χ0n) is 13.6. The van der Waals surface area contributed by atoms with Gasteiger partial charge in [0.2, 0.25) is 0 Å². The SMILES string of the molecule is CCNCc1oc(CN(C)c2ccc(CC)cc2)cc1C. The quantitative estimate of drug-likeness (QED) is 0.837. The van der Waals surface area contributed by atoms with E-state index < -0.39 is 0 Å². The number of rotatable bonds is 7. The Kier molecular flexibility index (Phi) is 5.45. The van der Waals surface area contributed by atoms with Gasteiger partial charge in [-0.1, -0.05) is 26.0 Å². The Balaban J connectivity index is 2.02. The van der Waals surface area contributed by atoms with E-state index in [1.54, 1.807) is 0 Å². The van der Waals surface area contributed by atoms with Gasteiger partial charge in [-0.3, -0.25) is 0 Å². The summed E-state index contributed by atoms with van der Waals surface area (Å²) < 4.78 is 5.95. The lowest BCUT2D eigenvalue weighted by Crippen LogP contribution is -2.15. The first-order chi connectivity index (χ1) is 10.1. The molecule has 0 unspecified atom stereocenters. The maximum atomic E-state index is 5.95. The molecule has 0 amide bonds. The monoisotopic (exact) mass is 286 g/mol. The summed E-state index contributed by atoms with van der Waals surface area (Å²) in [6.07, 6.45) is 1.08. The van der Waals surface area contributed by atoms with Crippen molar-refractivity contribution in [1.82, 2.24) is 5.32 Å². The van der Waals surface area contributed by atoms with Gasteiger partial charge in [0.15, 0.2) is 0 Å². The van der Waals surface area contributed by atoms with Crippen molar-refractivity contribution in [2.75, 3.05) is 18.5 Å². The third-order valence-corrected chi connectivity index (χ3v) is 3.79. The van der Waals surface area contributed by atoms with Crippen LogP contribution in [0.1, 0.15) is 36.5 Å². The van der Waals surface area contributed by atoms with Gasteiger partial charge in [0, 0.05) is 12.7 Å². The summed E-state index contributed by atoms with van der Waals surface area (Å²) in [7, 11) is 2.10. The topological polar surface area (TPSA) is 28.4 Å². The minimum Gasteiger partial charge on any atom is -0.463 e. The fraction of sp³-hybridized carbons (Fsp3) is 0.444. The highest BCUT2D eigenvalue weighted by molar-refractivity contribution is 5.47. The predicted octanol–water partition coefficient (Wildman–Crippen LogP) is 3.90. The van der Waals surface area contributed by atoms with Gasteiger partial charge in [-0.25, -0.2) is 0 Å². The lowest BCUT2D eigenvalue weighted by molar-refractivity contribution is 0.446. The summed E-state index contributed by atoms with van der Waals surface area (Å²) in [5.74, 6) is 2.06. The summed E-state index contributed by atoms with van der Waals surface area (Å²) in [5.41, 5.74) is 3.81. The number of hydrogen-bond acceptors (Lipinski definition) is 3. The summed E-state index contributed by atoms with van der Waals surface area (Å²) >= 11 is 0. The van der Waals surface area contributed by atoms with Crippen molar-refractivity contribution in [3.05, 3.63) is 53.0 Å². The molecule has 0 aliphatic heterocycles. The Labute approximate surface area is 128 Å². The highest BCUT2D eigenvalue weighted by atomic mass is 16.3. The maximum Gasteiger partial charge on any atom is 0.123 e. The third-order valence-electron chi connectivity index (χ3n) is 3.79. The van der Waals surface area contributed by atoms with E-state index in [9.17, 15) is 0 Å². The van der Waals surface area contributed by atoms with Gasteiger partial charge in [-0.05, 0) is 49.2 Å². The van der Waals surface area contributed by atoms with E-state index in [4.69, 9.17) is 4.42 Å². The lowest BCUT2D eigenvalue weighted by atomic mass is 10.1.